The van der Waals surface area contributed by atoms with Crippen LogP contribution in [-0.4, -0.2) is 14.7 Å². The van der Waals surface area contributed by atoms with E-state index in [0.717, 1.165) is 28.1 Å². The number of nitrogen functional groups attached to an aromatic ring is 1. The molecule has 0 amide bonds. The Kier molecular flexibility index (Phi) is 3.30. The molecule has 0 bridgehead atoms. The van der Waals surface area contributed by atoms with E-state index in [1.165, 1.54) is 19.3 Å². The first-order valence-electron chi connectivity index (χ1n) is 7.79. The molecule has 0 atom stereocenters. The van der Waals surface area contributed by atoms with Crippen molar-refractivity contribution in [3.8, 4) is 16.3 Å². The second kappa shape index (κ2) is 5.32. The van der Waals surface area contributed by atoms with E-state index in [4.69, 9.17) is 5.73 Å². The van der Waals surface area contributed by atoms with Gasteiger partial charge >= 0.3 is 0 Å². The molecule has 2 aromatic heterocycles. The van der Waals surface area contributed by atoms with Crippen molar-refractivity contribution in [2.45, 2.75) is 38.1 Å². The number of anilines is 1. The lowest BCUT2D eigenvalue weighted by atomic mass is 9.95. The van der Waals surface area contributed by atoms with Crippen LogP contribution in [0.25, 0.3) is 20.8 Å². The van der Waals surface area contributed by atoms with Crippen LogP contribution in [0.3, 0.4) is 0 Å². The Balaban J connectivity index is 1.79. The zero-order valence-corrected chi connectivity index (χ0v) is 13.1. The van der Waals surface area contributed by atoms with Crippen molar-refractivity contribution in [3.05, 3.63) is 30.5 Å². The maximum Gasteiger partial charge on any atom is 0.145 e. The Morgan fingerprint density at radius 1 is 1.18 bits per heavy atom. The Hall–Kier alpha value is -2.01. The van der Waals surface area contributed by atoms with E-state index in [1.54, 1.807) is 17.5 Å². The molecular formula is C17H19N3OS. The maximum absolute atomic E-state index is 10.4. The highest BCUT2D eigenvalue weighted by Crippen LogP contribution is 2.43. The predicted octanol–water partition coefficient (Wildman–Crippen LogP) is 4.56. The van der Waals surface area contributed by atoms with Crippen LogP contribution in [0, 0.1) is 0 Å². The van der Waals surface area contributed by atoms with Gasteiger partial charge in [0, 0.05) is 12.2 Å². The van der Waals surface area contributed by atoms with Crippen LogP contribution >= 0.6 is 11.3 Å². The van der Waals surface area contributed by atoms with Crippen LogP contribution in [0.15, 0.2) is 30.5 Å². The van der Waals surface area contributed by atoms with Gasteiger partial charge in [-0.1, -0.05) is 31.4 Å². The number of nitrogens with two attached hydrogens (primary N) is 1. The second-order valence-electron chi connectivity index (χ2n) is 5.96. The summed E-state index contributed by atoms with van der Waals surface area (Å²) < 4.78 is 3.16. The highest BCUT2D eigenvalue weighted by Gasteiger charge is 2.23. The summed E-state index contributed by atoms with van der Waals surface area (Å²) in [5.74, 6) is 0.880. The van der Waals surface area contributed by atoms with Gasteiger partial charge in [-0.05, 0) is 25.0 Å². The van der Waals surface area contributed by atoms with Crippen molar-refractivity contribution in [1.82, 2.24) is 9.55 Å². The molecule has 5 heteroatoms. The summed E-state index contributed by atoms with van der Waals surface area (Å²) in [7, 11) is 0. The second-order valence-corrected chi connectivity index (χ2v) is 6.99. The highest BCUT2D eigenvalue weighted by molar-refractivity contribution is 7.21. The highest BCUT2D eigenvalue weighted by atomic mass is 32.1. The zero-order valence-electron chi connectivity index (χ0n) is 12.3. The topological polar surface area (TPSA) is 64.1 Å². The van der Waals surface area contributed by atoms with Gasteiger partial charge in [0.1, 0.15) is 16.6 Å². The van der Waals surface area contributed by atoms with Gasteiger partial charge in [0.05, 0.1) is 15.8 Å². The molecule has 4 rings (SSSR count). The number of fused-ring (bicyclic) bond motifs is 1. The van der Waals surface area contributed by atoms with Gasteiger partial charge in [0.25, 0.3) is 0 Å². The fourth-order valence-electron chi connectivity index (χ4n) is 3.39. The molecule has 114 valence electrons. The third-order valence-electron chi connectivity index (χ3n) is 4.53. The fourth-order valence-corrected chi connectivity index (χ4v) is 4.41. The van der Waals surface area contributed by atoms with Crippen molar-refractivity contribution in [2.24, 2.45) is 0 Å². The summed E-state index contributed by atoms with van der Waals surface area (Å²) in [6.07, 6.45) is 7.83. The summed E-state index contributed by atoms with van der Waals surface area (Å²) in [5.41, 5.74) is 8.00. The zero-order chi connectivity index (χ0) is 15.1. The van der Waals surface area contributed by atoms with Gasteiger partial charge in [-0.25, -0.2) is 4.98 Å². The van der Waals surface area contributed by atoms with E-state index >= 15 is 0 Å². The van der Waals surface area contributed by atoms with Crippen molar-refractivity contribution >= 4 is 27.4 Å². The van der Waals surface area contributed by atoms with Crippen LogP contribution in [0.4, 0.5) is 5.82 Å². The number of thiazole rings is 1. The molecule has 0 saturated heterocycles. The predicted molar refractivity (Wildman–Crippen MR) is 91.2 cm³/mol. The Morgan fingerprint density at radius 2 is 1.95 bits per heavy atom. The van der Waals surface area contributed by atoms with Crippen LogP contribution in [0.1, 0.15) is 38.1 Å². The lowest BCUT2D eigenvalue weighted by molar-refractivity contribution is 0.355. The number of aromatic hydroxyl groups is 1. The largest absolute Gasteiger partial charge is 0.506 e. The van der Waals surface area contributed by atoms with Crippen LogP contribution in [0.5, 0.6) is 5.75 Å². The fraction of sp³-hybridized carbons (Fsp3) is 0.353. The van der Waals surface area contributed by atoms with E-state index in [2.05, 4.69) is 9.55 Å². The molecule has 3 aromatic rings. The van der Waals surface area contributed by atoms with E-state index in [-0.39, 0.29) is 5.75 Å². The molecule has 0 aliphatic heterocycles. The van der Waals surface area contributed by atoms with Gasteiger partial charge in [-0.3, -0.25) is 0 Å². The molecule has 1 saturated carbocycles. The molecule has 22 heavy (non-hydrogen) atoms. The number of aromatic nitrogens is 2. The monoisotopic (exact) mass is 313 g/mol. The van der Waals surface area contributed by atoms with Crippen molar-refractivity contribution in [2.75, 3.05) is 5.73 Å². The van der Waals surface area contributed by atoms with Gasteiger partial charge < -0.3 is 15.4 Å². The van der Waals surface area contributed by atoms with Crippen LogP contribution < -0.4 is 5.73 Å². The Bertz CT molecular complexity index is 782. The minimum atomic E-state index is 0.238. The summed E-state index contributed by atoms with van der Waals surface area (Å²) >= 11 is 1.57. The molecule has 3 N–H and O–H groups in total. The van der Waals surface area contributed by atoms with Crippen molar-refractivity contribution in [1.29, 1.82) is 0 Å². The number of hydrogen-bond acceptors (Lipinski definition) is 4. The molecule has 0 spiro atoms. The number of nitrogens with zero attached hydrogens (tertiary/aromatic N) is 2. The van der Waals surface area contributed by atoms with Gasteiger partial charge in [-0.2, -0.15) is 0 Å². The Labute approximate surface area is 133 Å². The standard InChI is InChI=1S/C17H19N3OS/c18-16-15(17-19-12-8-4-5-9-14(12)22-17)13(21)10-20(16)11-6-2-1-3-7-11/h4-5,8-11,21H,1-3,6-7,18H2. The van der Waals surface area contributed by atoms with Crippen LogP contribution in [0.2, 0.25) is 0 Å². The Morgan fingerprint density at radius 3 is 2.73 bits per heavy atom. The smallest absolute Gasteiger partial charge is 0.145 e. The SMILES string of the molecule is Nc1c(-c2nc3ccccc3s2)c(O)cn1C1CCCCC1. The van der Waals surface area contributed by atoms with E-state index in [0.29, 0.717) is 17.4 Å². The van der Waals surface area contributed by atoms with E-state index in [9.17, 15) is 5.11 Å². The van der Waals surface area contributed by atoms with Gasteiger partial charge in [-0.15, -0.1) is 11.3 Å². The number of hydrogen-bond donors (Lipinski definition) is 2. The summed E-state index contributed by atoms with van der Waals surface area (Å²) in [6, 6.07) is 8.41. The number of benzene rings is 1. The third-order valence-corrected chi connectivity index (χ3v) is 5.58. The van der Waals surface area contributed by atoms with E-state index in [1.807, 2.05) is 24.3 Å². The summed E-state index contributed by atoms with van der Waals surface area (Å²) in [5, 5.41) is 11.2. The molecule has 1 fully saturated rings. The molecule has 1 aliphatic carbocycles. The molecule has 1 aliphatic rings. The average molecular weight is 313 g/mol. The van der Waals surface area contributed by atoms with Gasteiger partial charge in [0.15, 0.2) is 0 Å². The quantitative estimate of drug-likeness (QED) is 0.729. The first-order chi connectivity index (χ1) is 10.7. The lowest BCUT2D eigenvalue weighted by Gasteiger charge is -2.24. The first-order valence-corrected chi connectivity index (χ1v) is 8.61. The molecule has 0 unspecified atom stereocenters. The third kappa shape index (κ3) is 2.16. The molecule has 2 heterocycles. The number of para-hydroxylation sites is 1. The average Bonchev–Trinajstić information content (AvgIpc) is 3.08. The molecule has 0 radical (unpaired) electrons. The minimum Gasteiger partial charge on any atom is -0.506 e. The van der Waals surface area contributed by atoms with E-state index < -0.39 is 0 Å². The van der Waals surface area contributed by atoms with Crippen molar-refractivity contribution < 1.29 is 5.11 Å². The normalized spacial score (nSPS) is 16.4. The van der Waals surface area contributed by atoms with Gasteiger partial charge in [0.2, 0.25) is 0 Å². The lowest BCUT2D eigenvalue weighted by Crippen LogP contribution is -2.14. The number of rotatable bonds is 2. The molecular weight excluding hydrogens is 294 g/mol. The molecule has 4 nitrogen and oxygen atoms in total. The molecule has 1 aromatic carbocycles. The first kappa shape index (κ1) is 13.6. The van der Waals surface area contributed by atoms with Crippen molar-refractivity contribution in [3.63, 3.8) is 0 Å². The summed E-state index contributed by atoms with van der Waals surface area (Å²) in [6.45, 7) is 0. The summed E-state index contributed by atoms with van der Waals surface area (Å²) in [4.78, 5) is 4.63. The minimum absolute atomic E-state index is 0.238. The van der Waals surface area contributed by atoms with Crippen LogP contribution in [-0.2, 0) is 0 Å². The maximum atomic E-state index is 10.4.